The summed E-state index contributed by atoms with van der Waals surface area (Å²) >= 11 is 1.65. The lowest BCUT2D eigenvalue weighted by Crippen LogP contribution is -2.44. The van der Waals surface area contributed by atoms with Gasteiger partial charge in [-0.05, 0) is 43.2 Å². The van der Waals surface area contributed by atoms with Gasteiger partial charge in [-0.1, -0.05) is 6.07 Å². The van der Waals surface area contributed by atoms with Crippen molar-refractivity contribution in [1.82, 2.24) is 0 Å². The average Bonchev–Trinajstić information content (AvgIpc) is 2.47. The topological polar surface area (TPSA) is 64.4 Å². The molecule has 1 aromatic rings. The second-order valence-corrected chi connectivity index (χ2v) is 5.58. The van der Waals surface area contributed by atoms with Gasteiger partial charge >= 0.3 is 0 Å². The van der Waals surface area contributed by atoms with Crippen molar-refractivity contribution in [3.63, 3.8) is 0 Å². The molecule has 104 valence electrons. The maximum Gasteiger partial charge on any atom is 0.241 e. The van der Waals surface area contributed by atoms with Gasteiger partial charge in [-0.2, -0.15) is 0 Å². The maximum atomic E-state index is 12.1. The minimum absolute atomic E-state index is 0.106. The number of nitrogens with two attached hydrogens (primary N) is 1. The van der Waals surface area contributed by atoms with Crippen LogP contribution in [0.4, 0.5) is 5.69 Å². The molecule has 4 nitrogen and oxygen atoms in total. The number of rotatable bonds is 4. The van der Waals surface area contributed by atoms with Gasteiger partial charge in [0.1, 0.15) is 0 Å². The van der Waals surface area contributed by atoms with E-state index < -0.39 is 6.04 Å². The zero-order valence-electron chi connectivity index (χ0n) is 11.1. The molecule has 0 aromatic heterocycles. The summed E-state index contributed by atoms with van der Waals surface area (Å²) in [4.78, 5) is 13.3. The molecular weight excluding hydrogens is 260 g/mol. The van der Waals surface area contributed by atoms with Gasteiger partial charge in [0, 0.05) is 23.8 Å². The molecule has 3 N–H and O–H groups in total. The zero-order chi connectivity index (χ0) is 13.7. The van der Waals surface area contributed by atoms with Crippen molar-refractivity contribution in [2.45, 2.75) is 23.8 Å². The van der Waals surface area contributed by atoms with Crippen LogP contribution in [-0.4, -0.2) is 31.4 Å². The second kappa shape index (κ2) is 6.93. The van der Waals surface area contributed by atoms with Crippen LogP contribution < -0.4 is 11.1 Å². The smallest absolute Gasteiger partial charge is 0.241 e. The van der Waals surface area contributed by atoms with Crippen LogP contribution in [0.2, 0.25) is 0 Å². The predicted octanol–water partition coefficient (Wildman–Crippen LogP) is 2.10. The summed E-state index contributed by atoms with van der Waals surface area (Å²) in [5.74, 6) is 0.114. The molecule has 0 spiro atoms. The van der Waals surface area contributed by atoms with E-state index in [9.17, 15) is 4.79 Å². The standard InChI is InChI=1S/C14H20N2O2S/c1-19-12-4-2-3-11(9-12)16-14(17)13(15)10-5-7-18-8-6-10/h2-4,9-10,13H,5-8,15H2,1H3,(H,16,17). The maximum absolute atomic E-state index is 12.1. The highest BCUT2D eigenvalue weighted by molar-refractivity contribution is 7.98. The van der Waals surface area contributed by atoms with Crippen LogP contribution in [0.15, 0.2) is 29.2 Å². The quantitative estimate of drug-likeness (QED) is 0.829. The molecule has 1 fully saturated rings. The lowest BCUT2D eigenvalue weighted by atomic mass is 9.92. The average molecular weight is 280 g/mol. The number of carbonyl (C=O) groups is 1. The molecular formula is C14H20N2O2S. The predicted molar refractivity (Wildman–Crippen MR) is 78.4 cm³/mol. The van der Waals surface area contributed by atoms with Gasteiger partial charge in [0.2, 0.25) is 5.91 Å². The Morgan fingerprint density at radius 1 is 1.47 bits per heavy atom. The molecule has 1 amide bonds. The van der Waals surface area contributed by atoms with Crippen LogP contribution in [0.5, 0.6) is 0 Å². The van der Waals surface area contributed by atoms with Gasteiger partial charge in [0.25, 0.3) is 0 Å². The molecule has 1 aliphatic heterocycles. The first kappa shape index (κ1) is 14.4. The molecule has 1 atom stereocenters. The number of hydrogen-bond acceptors (Lipinski definition) is 4. The van der Waals surface area contributed by atoms with Gasteiger partial charge in [0.15, 0.2) is 0 Å². The Balaban J connectivity index is 1.95. The fourth-order valence-electron chi connectivity index (χ4n) is 2.22. The first-order chi connectivity index (χ1) is 9.20. The number of thioether (sulfide) groups is 1. The summed E-state index contributed by atoms with van der Waals surface area (Å²) in [7, 11) is 0. The second-order valence-electron chi connectivity index (χ2n) is 4.70. The van der Waals surface area contributed by atoms with E-state index in [0.717, 1.165) is 23.4 Å². The van der Waals surface area contributed by atoms with Crippen LogP contribution in [0, 0.1) is 5.92 Å². The largest absolute Gasteiger partial charge is 0.381 e. The SMILES string of the molecule is CSc1cccc(NC(=O)C(N)C2CCOCC2)c1. The minimum atomic E-state index is -0.457. The van der Waals surface area contributed by atoms with E-state index in [4.69, 9.17) is 10.5 Å². The van der Waals surface area contributed by atoms with Gasteiger partial charge in [-0.25, -0.2) is 0 Å². The molecule has 1 heterocycles. The van der Waals surface area contributed by atoms with Gasteiger partial charge in [-0.15, -0.1) is 11.8 Å². The number of ether oxygens (including phenoxy) is 1. The lowest BCUT2D eigenvalue weighted by Gasteiger charge is -2.26. The van der Waals surface area contributed by atoms with Crippen molar-refractivity contribution in [2.75, 3.05) is 24.8 Å². The van der Waals surface area contributed by atoms with E-state index in [0.29, 0.717) is 13.2 Å². The number of hydrogen-bond donors (Lipinski definition) is 2. The fraction of sp³-hybridized carbons (Fsp3) is 0.500. The molecule has 1 aliphatic rings. The first-order valence-corrected chi connectivity index (χ1v) is 7.71. The fourth-order valence-corrected chi connectivity index (χ4v) is 2.67. The van der Waals surface area contributed by atoms with Crippen LogP contribution in [-0.2, 0) is 9.53 Å². The van der Waals surface area contributed by atoms with E-state index in [1.807, 2.05) is 30.5 Å². The van der Waals surface area contributed by atoms with Crippen molar-refractivity contribution in [3.8, 4) is 0 Å². The van der Waals surface area contributed by atoms with Gasteiger partial charge in [0.05, 0.1) is 6.04 Å². The highest BCUT2D eigenvalue weighted by atomic mass is 32.2. The van der Waals surface area contributed by atoms with Crippen molar-refractivity contribution in [3.05, 3.63) is 24.3 Å². The number of anilines is 1. The molecule has 1 saturated heterocycles. The number of carbonyl (C=O) groups excluding carboxylic acids is 1. The summed E-state index contributed by atoms with van der Waals surface area (Å²) in [6.07, 6.45) is 3.73. The highest BCUT2D eigenvalue weighted by Crippen LogP contribution is 2.21. The lowest BCUT2D eigenvalue weighted by molar-refractivity contribution is -0.119. The molecule has 0 bridgehead atoms. The summed E-state index contributed by atoms with van der Waals surface area (Å²) in [5, 5.41) is 2.90. The summed E-state index contributed by atoms with van der Waals surface area (Å²) in [5.41, 5.74) is 6.84. The number of benzene rings is 1. The van der Waals surface area contributed by atoms with Crippen LogP contribution in [0.3, 0.4) is 0 Å². The third kappa shape index (κ3) is 3.96. The van der Waals surface area contributed by atoms with Crippen molar-refractivity contribution in [2.24, 2.45) is 11.7 Å². The van der Waals surface area contributed by atoms with Crippen molar-refractivity contribution >= 4 is 23.4 Å². The third-order valence-corrected chi connectivity index (χ3v) is 4.14. The van der Waals surface area contributed by atoms with Crippen molar-refractivity contribution in [1.29, 1.82) is 0 Å². The highest BCUT2D eigenvalue weighted by Gasteiger charge is 2.26. The Kier molecular flexibility index (Phi) is 5.24. The molecule has 19 heavy (non-hydrogen) atoms. The Hall–Kier alpha value is -1.04. The van der Waals surface area contributed by atoms with Gasteiger partial charge in [-0.3, -0.25) is 4.79 Å². The Labute approximate surface area is 118 Å². The van der Waals surface area contributed by atoms with E-state index in [2.05, 4.69) is 5.32 Å². The van der Waals surface area contributed by atoms with E-state index in [-0.39, 0.29) is 11.8 Å². The molecule has 5 heteroatoms. The first-order valence-electron chi connectivity index (χ1n) is 6.49. The van der Waals surface area contributed by atoms with E-state index in [1.165, 1.54) is 0 Å². The molecule has 0 aliphatic carbocycles. The summed E-state index contributed by atoms with van der Waals surface area (Å²) < 4.78 is 5.29. The summed E-state index contributed by atoms with van der Waals surface area (Å²) in [6.45, 7) is 1.40. The monoisotopic (exact) mass is 280 g/mol. The van der Waals surface area contributed by atoms with E-state index in [1.54, 1.807) is 11.8 Å². The Morgan fingerprint density at radius 3 is 2.89 bits per heavy atom. The molecule has 2 rings (SSSR count). The molecule has 1 aromatic carbocycles. The minimum Gasteiger partial charge on any atom is -0.381 e. The van der Waals surface area contributed by atoms with Crippen LogP contribution in [0.25, 0.3) is 0 Å². The Morgan fingerprint density at radius 2 is 2.21 bits per heavy atom. The molecule has 0 radical (unpaired) electrons. The normalized spacial score (nSPS) is 18.0. The molecule has 1 unspecified atom stereocenters. The van der Waals surface area contributed by atoms with E-state index >= 15 is 0 Å². The molecule has 0 saturated carbocycles. The van der Waals surface area contributed by atoms with Crippen molar-refractivity contribution < 1.29 is 9.53 Å². The zero-order valence-corrected chi connectivity index (χ0v) is 11.9. The van der Waals surface area contributed by atoms with Gasteiger partial charge < -0.3 is 15.8 Å². The third-order valence-electron chi connectivity index (χ3n) is 3.41. The number of nitrogens with one attached hydrogen (secondary N) is 1. The van der Waals surface area contributed by atoms with Crippen LogP contribution >= 0.6 is 11.8 Å². The Bertz CT molecular complexity index is 433. The summed E-state index contributed by atoms with van der Waals surface area (Å²) in [6, 6.07) is 7.33. The number of amides is 1. The van der Waals surface area contributed by atoms with Crippen LogP contribution in [0.1, 0.15) is 12.8 Å².